The van der Waals surface area contributed by atoms with E-state index in [4.69, 9.17) is 4.74 Å². The van der Waals surface area contributed by atoms with E-state index in [9.17, 15) is 4.79 Å². The molecule has 0 bridgehead atoms. The Hall–Kier alpha value is -1.49. The van der Waals surface area contributed by atoms with Gasteiger partial charge in [-0.05, 0) is 0 Å². The zero-order valence-electron chi connectivity index (χ0n) is 21.0. The average Bonchev–Trinajstić information content (AvgIpc) is 3.24. The van der Waals surface area contributed by atoms with Crippen molar-refractivity contribution in [3.8, 4) is 0 Å². The van der Waals surface area contributed by atoms with Crippen molar-refractivity contribution in [3.05, 3.63) is 71.8 Å². The number of carbonyl (C=O) groups is 1. The van der Waals surface area contributed by atoms with Gasteiger partial charge in [-0.3, -0.25) is 0 Å². The quantitative estimate of drug-likeness (QED) is 0.220. The Balaban J connectivity index is 2.08. The molecule has 180 valence electrons. The first-order valence-corrected chi connectivity index (χ1v) is 20.9. The fourth-order valence-corrected chi connectivity index (χ4v) is 24.1. The summed E-state index contributed by atoms with van der Waals surface area (Å²) in [4.78, 5) is 15.6. The summed E-state index contributed by atoms with van der Waals surface area (Å²) in [6.07, 6.45) is 8.50. The van der Waals surface area contributed by atoms with Crippen molar-refractivity contribution in [3.63, 3.8) is 0 Å². The second-order valence-corrected chi connectivity index (χ2v) is 23.7. The van der Waals surface area contributed by atoms with Gasteiger partial charge in [0.05, 0.1) is 0 Å². The van der Waals surface area contributed by atoms with Crippen LogP contribution in [0.4, 0.5) is 4.79 Å². The van der Waals surface area contributed by atoms with Crippen LogP contribution in [0.2, 0.25) is 13.3 Å². The molecule has 0 N–H and O–H groups in total. The SMILES string of the molecule is CCC[CH2][Sn]([CH2]CCC)([CH2]CCC)[C@@H](Cc1ccccc1)N1C(=O)OC[C@@H]1c1ccccc1. The number of benzene rings is 2. The molecule has 1 aliphatic heterocycles. The van der Waals surface area contributed by atoms with Crippen LogP contribution >= 0.6 is 0 Å². The maximum atomic E-state index is 13.4. The first-order valence-electron chi connectivity index (χ1n) is 13.2. The van der Waals surface area contributed by atoms with Gasteiger partial charge in [0.25, 0.3) is 0 Å². The van der Waals surface area contributed by atoms with Crippen molar-refractivity contribution in [2.24, 2.45) is 0 Å². The van der Waals surface area contributed by atoms with Crippen molar-refractivity contribution in [2.45, 2.75) is 89.1 Å². The van der Waals surface area contributed by atoms with Crippen molar-refractivity contribution >= 4 is 24.5 Å². The summed E-state index contributed by atoms with van der Waals surface area (Å²) in [5, 5.41) is 0. The van der Waals surface area contributed by atoms with Gasteiger partial charge in [0.1, 0.15) is 0 Å². The summed E-state index contributed by atoms with van der Waals surface area (Å²) in [6, 6.07) is 21.5. The topological polar surface area (TPSA) is 29.5 Å². The molecule has 2 aromatic rings. The van der Waals surface area contributed by atoms with Crippen LogP contribution in [-0.4, -0.2) is 40.0 Å². The van der Waals surface area contributed by atoms with E-state index in [1.165, 1.54) is 63.0 Å². The predicted octanol–water partition coefficient (Wildman–Crippen LogP) is 8.18. The van der Waals surface area contributed by atoms with Crippen LogP contribution in [0.25, 0.3) is 0 Å². The normalized spacial score (nSPS) is 17.2. The molecule has 3 nitrogen and oxygen atoms in total. The first kappa shape index (κ1) is 26.1. The van der Waals surface area contributed by atoms with Gasteiger partial charge in [-0.25, -0.2) is 0 Å². The molecular weight excluding hydrogens is 513 g/mol. The molecule has 0 radical (unpaired) electrons. The molecular formula is C29H43NO2Sn. The van der Waals surface area contributed by atoms with E-state index in [0.717, 1.165) is 6.42 Å². The van der Waals surface area contributed by atoms with Crippen LogP contribution in [0, 0.1) is 0 Å². The number of cyclic esters (lactones) is 1. The van der Waals surface area contributed by atoms with E-state index in [-0.39, 0.29) is 12.1 Å². The molecule has 0 spiro atoms. The number of hydrogen-bond donors (Lipinski definition) is 0. The minimum absolute atomic E-state index is 0.0355. The van der Waals surface area contributed by atoms with Crippen LogP contribution in [0.5, 0.6) is 0 Å². The van der Waals surface area contributed by atoms with Gasteiger partial charge >= 0.3 is 206 Å². The second-order valence-electron chi connectivity index (χ2n) is 9.79. The Labute approximate surface area is 205 Å². The molecule has 1 aliphatic rings. The van der Waals surface area contributed by atoms with E-state index in [1.807, 2.05) is 0 Å². The van der Waals surface area contributed by atoms with E-state index < -0.39 is 18.4 Å². The number of rotatable bonds is 14. The van der Waals surface area contributed by atoms with Crippen LogP contribution in [0.1, 0.15) is 76.5 Å². The standard InChI is InChI=1S/C17H16NO2.3C4H9.Sn/c19-17-18(12-11-14-7-3-1-4-8-14)16(13-20-17)15-9-5-2-6-10-15;3*1-3-4-2;/h1-10,12,16H,11,13H2;3*1,3-4H2,2H3;/t16-;;;;/m1..../s1. The average molecular weight is 556 g/mol. The third-order valence-electron chi connectivity index (χ3n) is 7.49. The molecule has 0 aromatic heterocycles. The molecule has 4 heteroatoms. The third-order valence-corrected chi connectivity index (χ3v) is 24.5. The molecule has 1 amide bonds. The molecule has 0 unspecified atom stereocenters. The summed E-state index contributed by atoms with van der Waals surface area (Å²) in [5.74, 6) is 0. The van der Waals surface area contributed by atoms with Crippen LogP contribution in [0.3, 0.4) is 0 Å². The van der Waals surface area contributed by atoms with Crippen molar-refractivity contribution in [1.29, 1.82) is 0 Å². The van der Waals surface area contributed by atoms with Gasteiger partial charge in [-0.15, -0.1) is 0 Å². The first-order chi connectivity index (χ1) is 16.1. The van der Waals surface area contributed by atoms with Gasteiger partial charge in [0.2, 0.25) is 0 Å². The van der Waals surface area contributed by atoms with Crippen LogP contribution in [-0.2, 0) is 11.2 Å². The summed E-state index contributed by atoms with van der Waals surface area (Å²) >= 11 is -2.82. The Morgan fingerprint density at radius 2 is 1.36 bits per heavy atom. The molecule has 1 saturated heterocycles. The van der Waals surface area contributed by atoms with E-state index in [0.29, 0.717) is 10.7 Å². The van der Waals surface area contributed by atoms with Crippen LogP contribution < -0.4 is 0 Å². The van der Waals surface area contributed by atoms with E-state index in [2.05, 4.69) is 86.3 Å². The Bertz CT molecular complexity index is 804. The molecule has 2 atom stereocenters. The molecule has 3 rings (SSSR count). The zero-order valence-corrected chi connectivity index (χ0v) is 23.8. The van der Waals surface area contributed by atoms with Crippen LogP contribution in [0.15, 0.2) is 60.7 Å². The third kappa shape index (κ3) is 6.77. The summed E-state index contributed by atoms with van der Waals surface area (Å²) < 4.78 is 10.3. The maximum absolute atomic E-state index is 13.4. The Morgan fingerprint density at radius 1 is 0.848 bits per heavy atom. The Morgan fingerprint density at radius 3 is 1.88 bits per heavy atom. The van der Waals surface area contributed by atoms with Gasteiger partial charge in [-0.1, -0.05) is 0 Å². The second kappa shape index (κ2) is 13.4. The molecule has 0 aliphatic carbocycles. The number of carbonyl (C=O) groups excluding carboxylic acids is 1. The summed E-state index contributed by atoms with van der Waals surface area (Å²) in [5.41, 5.74) is 2.57. The molecule has 0 saturated carbocycles. The zero-order chi connectivity index (χ0) is 23.5. The fourth-order valence-electron chi connectivity index (χ4n) is 5.62. The van der Waals surface area contributed by atoms with Gasteiger partial charge in [0, 0.05) is 0 Å². The molecule has 1 fully saturated rings. The minimum atomic E-state index is -2.82. The van der Waals surface area contributed by atoms with E-state index >= 15 is 0 Å². The molecule has 33 heavy (non-hydrogen) atoms. The van der Waals surface area contributed by atoms with Crippen molar-refractivity contribution in [2.75, 3.05) is 6.61 Å². The van der Waals surface area contributed by atoms with Gasteiger partial charge in [-0.2, -0.15) is 0 Å². The predicted molar refractivity (Wildman–Crippen MR) is 141 cm³/mol. The van der Waals surface area contributed by atoms with Gasteiger partial charge < -0.3 is 0 Å². The van der Waals surface area contributed by atoms with Crippen molar-refractivity contribution < 1.29 is 9.53 Å². The fraction of sp³-hybridized carbons (Fsp3) is 0.552. The van der Waals surface area contributed by atoms with Gasteiger partial charge in [0.15, 0.2) is 0 Å². The Kier molecular flexibility index (Phi) is 10.6. The number of hydrogen-bond acceptors (Lipinski definition) is 2. The number of ether oxygens (including phenoxy) is 1. The molecule has 2 aromatic carbocycles. The van der Waals surface area contributed by atoms with Crippen molar-refractivity contribution in [1.82, 2.24) is 4.90 Å². The number of amides is 1. The summed E-state index contributed by atoms with van der Waals surface area (Å²) in [6.45, 7) is 7.43. The number of nitrogens with zero attached hydrogens (tertiary/aromatic N) is 1. The number of unbranched alkanes of at least 4 members (excludes halogenated alkanes) is 3. The summed E-state index contributed by atoms with van der Waals surface area (Å²) in [7, 11) is 0. The monoisotopic (exact) mass is 557 g/mol. The van der Waals surface area contributed by atoms with E-state index in [1.54, 1.807) is 0 Å². The molecule has 1 heterocycles.